The molecule has 0 aliphatic heterocycles. The first-order chi connectivity index (χ1) is 10.9. The lowest BCUT2D eigenvalue weighted by Crippen LogP contribution is -2.36. The van der Waals surface area contributed by atoms with Crippen LogP contribution >= 0.6 is 0 Å². The second kappa shape index (κ2) is 7.45. The zero-order valence-electron chi connectivity index (χ0n) is 13.2. The van der Waals surface area contributed by atoms with Crippen molar-refractivity contribution >= 4 is 17.5 Å². The van der Waals surface area contributed by atoms with E-state index in [1.54, 1.807) is 24.3 Å². The van der Waals surface area contributed by atoms with Crippen LogP contribution in [0.4, 0.5) is 5.69 Å². The topological polar surface area (TPSA) is 78.4 Å². The van der Waals surface area contributed by atoms with Gasteiger partial charge in [-0.2, -0.15) is 0 Å². The van der Waals surface area contributed by atoms with Gasteiger partial charge < -0.3 is 15.7 Å². The average Bonchev–Trinajstić information content (AvgIpc) is 2.48. The van der Waals surface area contributed by atoms with Crippen molar-refractivity contribution in [1.29, 1.82) is 0 Å². The van der Waals surface area contributed by atoms with Crippen LogP contribution in [-0.2, 0) is 16.0 Å². The number of anilines is 1. The van der Waals surface area contributed by atoms with E-state index in [0.717, 1.165) is 16.7 Å². The number of aryl methyl sites for hydroxylation is 2. The molecule has 0 atom stereocenters. The zero-order valence-corrected chi connectivity index (χ0v) is 13.2. The summed E-state index contributed by atoms with van der Waals surface area (Å²) in [6, 6.07) is 12.3. The maximum absolute atomic E-state index is 11.9. The van der Waals surface area contributed by atoms with Gasteiger partial charge in [0, 0.05) is 12.2 Å². The van der Waals surface area contributed by atoms with Crippen LogP contribution in [0.1, 0.15) is 16.7 Å². The first kappa shape index (κ1) is 16.5. The Bertz CT molecular complexity index is 688. The number of nitrogens with one attached hydrogen (secondary N) is 2. The van der Waals surface area contributed by atoms with Gasteiger partial charge in [-0.3, -0.25) is 9.59 Å². The monoisotopic (exact) mass is 312 g/mol. The van der Waals surface area contributed by atoms with Crippen molar-refractivity contribution in [3.63, 3.8) is 0 Å². The predicted molar refractivity (Wildman–Crippen MR) is 89.4 cm³/mol. The molecule has 2 aromatic rings. The minimum absolute atomic E-state index is 0.200. The van der Waals surface area contributed by atoms with Crippen LogP contribution < -0.4 is 10.6 Å². The Labute approximate surface area is 135 Å². The highest BCUT2D eigenvalue weighted by Crippen LogP contribution is 2.13. The first-order valence-corrected chi connectivity index (χ1v) is 7.39. The fraction of sp³-hybridized carbons (Fsp3) is 0.222. The Morgan fingerprint density at radius 1 is 0.957 bits per heavy atom. The number of hydrogen-bond acceptors (Lipinski definition) is 3. The van der Waals surface area contributed by atoms with Crippen LogP contribution in [0.5, 0.6) is 5.75 Å². The molecule has 2 rings (SSSR count). The molecule has 23 heavy (non-hydrogen) atoms. The highest BCUT2D eigenvalue weighted by atomic mass is 16.3. The first-order valence-electron chi connectivity index (χ1n) is 7.39. The van der Waals surface area contributed by atoms with Gasteiger partial charge in [-0.1, -0.05) is 18.2 Å². The van der Waals surface area contributed by atoms with E-state index >= 15 is 0 Å². The van der Waals surface area contributed by atoms with Gasteiger partial charge in [0.15, 0.2) is 0 Å². The van der Waals surface area contributed by atoms with Gasteiger partial charge in [0.25, 0.3) is 0 Å². The molecule has 0 heterocycles. The number of benzene rings is 2. The SMILES string of the molecule is Cc1cc(C)cc(NC(=O)C(=O)NCCc2ccc(O)cc2)c1. The van der Waals surface area contributed by atoms with Crippen molar-refractivity contribution in [2.24, 2.45) is 0 Å². The van der Waals surface area contributed by atoms with E-state index in [4.69, 9.17) is 0 Å². The van der Waals surface area contributed by atoms with E-state index in [0.29, 0.717) is 18.7 Å². The van der Waals surface area contributed by atoms with Gasteiger partial charge >= 0.3 is 11.8 Å². The summed E-state index contributed by atoms with van der Waals surface area (Å²) in [4.78, 5) is 23.7. The van der Waals surface area contributed by atoms with E-state index in [2.05, 4.69) is 10.6 Å². The van der Waals surface area contributed by atoms with Crippen molar-refractivity contribution in [3.05, 3.63) is 59.2 Å². The number of carbonyl (C=O) groups excluding carboxylic acids is 2. The molecule has 0 spiro atoms. The second-order valence-corrected chi connectivity index (χ2v) is 5.50. The summed E-state index contributed by atoms with van der Waals surface area (Å²) >= 11 is 0. The third-order valence-corrected chi connectivity index (χ3v) is 3.32. The number of phenols is 1. The lowest BCUT2D eigenvalue weighted by atomic mass is 10.1. The quantitative estimate of drug-likeness (QED) is 0.758. The van der Waals surface area contributed by atoms with Crippen LogP contribution in [-0.4, -0.2) is 23.5 Å². The lowest BCUT2D eigenvalue weighted by Gasteiger charge is -2.08. The van der Waals surface area contributed by atoms with Gasteiger partial charge in [-0.15, -0.1) is 0 Å². The molecule has 0 aliphatic carbocycles. The summed E-state index contributed by atoms with van der Waals surface area (Å²) in [5.41, 5.74) is 3.63. The summed E-state index contributed by atoms with van der Waals surface area (Å²) in [6.45, 7) is 4.21. The molecule has 0 bridgehead atoms. The Kier molecular flexibility index (Phi) is 5.36. The number of rotatable bonds is 4. The van der Waals surface area contributed by atoms with Crippen molar-refractivity contribution < 1.29 is 14.7 Å². The summed E-state index contributed by atoms with van der Waals surface area (Å²) in [5.74, 6) is -1.14. The van der Waals surface area contributed by atoms with Gasteiger partial charge in [0.1, 0.15) is 5.75 Å². The predicted octanol–water partition coefficient (Wildman–Crippen LogP) is 2.31. The van der Waals surface area contributed by atoms with Gasteiger partial charge in [0.05, 0.1) is 0 Å². The maximum atomic E-state index is 11.9. The molecule has 0 saturated carbocycles. The largest absolute Gasteiger partial charge is 0.508 e. The van der Waals surface area contributed by atoms with Crippen molar-refractivity contribution in [2.75, 3.05) is 11.9 Å². The van der Waals surface area contributed by atoms with Crippen LogP contribution in [0.15, 0.2) is 42.5 Å². The molecule has 0 radical (unpaired) electrons. The van der Waals surface area contributed by atoms with Crippen LogP contribution in [0.3, 0.4) is 0 Å². The van der Waals surface area contributed by atoms with Crippen LogP contribution in [0, 0.1) is 13.8 Å². The van der Waals surface area contributed by atoms with Crippen molar-refractivity contribution in [3.8, 4) is 5.75 Å². The third-order valence-electron chi connectivity index (χ3n) is 3.32. The number of amides is 2. The Morgan fingerprint density at radius 3 is 2.17 bits per heavy atom. The van der Waals surface area contributed by atoms with E-state index in [1.807, 2.05) is 32.0 Å². The van der Waals surface area contributed by atoms with Crippen LogP contribution in [0.25, 0.3) is 0 Å². The Hall–Kier alpha value is -2.82. The molecule has 0 fully saturated rings. The normalized spacial score (nSPS) is 10.2. The molecule has 5 heteroatoms. The molecule has 0 aromatic heterocycles. The summed E-state index contributed by atoms with van der Waals surface area (Å²) in [5, 5.41) is 14.4. The molecular weight excluding hydrogens is 292 g/mol. The molecule has 3 N–H and O–H groups in total. The van der Waals surface area contributed by atoms with E-state index in [9.17, 15) is 14.7 Å². The summed E-state index contributed by atoms with van der Waals surface area (Å²) < 4.78 is 0. The van der Waals surface area contributed by atoms with E-state index < -0.39 is 11.8 Å². The summed E-state index contributed by atoms with van der Waals surface area (Å²) in [7, 11) is 0. The fourth-order valence-corrected chi connectivity index (χ4v) is 2.30. The molecule has 5 nitrogen and oxygen atoms in total. The van der Waals surface area contributed by atoms with Crippen molar-refractivity contribution in [1.82, 2.24) is 5.32 Å². The highest BCUT2D eigenvalue weighted by Gasteiger charge is 2.13. The lowest BCUT2D eigenvalue weighted by molar-refractivity contribution is -0.136. The van der Waals surface area contributed by atoms with Gasteiger partial charge in [0.2, 0.25) is 0 Å². The minimum atomic E-state index is -0.680. The zero-order chi connectivity index (χ0) is 16.8. The number of aromatic hydroxyl groups is 1. The number of carbonyl (C=O) groups is 2. The Morgan fingerprint density at radius 2 is 1.57 bits per heavy atom. The molecule has 0 aliphatic rings. The average molecular weight is 312 g/mol. The molecule has 120 valence electrons. The molecular formula is C18H20N2O3. The summed E-state index contributed by atoms with van der Waals surface area (Å²) in [6.07, 6.45) is 0.586. The smallest absolute Gasteiger partial charge is 0.313 e. The minimum Gasteiger partial charge on any atom is -0.508 e. The molecule has 2 amide bonds. The van der Waals surface area contributed by atoms with Crippen LogP contribution in [0.2, 0.25) is 0 Å². The molecule has 0 saturated heterocycles. The van der Waals surface area contributed by atoms with Gasteiger partial charge in [-0.05, 0) is 61.2 Å². The standard InChI is InChI=1S/C18H20N2O3/c1-12-9-13(2)11-15(10-12)20-18(23)17(22)19-8-7-14-3-5-16(21)6-4-14/h3-6,9-11,21H,7-8H2,1-2H3,(H,19,22)(H,20,23). The van der Waals surface area contributed by atoms with Crippen molar-refractivity contribution in [2.45, 2.75) is 20.3 Å². The fourth-order valence-electron chi connectivity index (χ4n) is 2.30. The molecule has 2 aromatic carbocycles. The molecule has 0 unspecified atom stereocenters. The highest BCUT2D eigenvalue weighted by molar-refractivity contribution is 6.39. The van der Waals surface area contributed by atoms with E-state index in [-0.39, 0.29) is 5.75 Å². The maximum Gasteiger partial charge on any atom is 0.313 e. The second-order valence-electron chi connectivity index (χ2n) is 5.50. The third kappa shape index (κ3) is 5.14. The number of hydrogen-bond donors (Lipinski definition) is 3. The van der Waals surface area contributed by atoms with E-state index in [1.165, 1.54) is 0 Å². The van der Waals surface area contributed by atoms with Gasteiger partial charge in [-0.25, -0.2) is 0 Å². The number of phenolic OH excluding ortho intramolecular Hbond substituents is 1. The Balaban J connectivity index is 1.83.